The summed E-state index contributed by atoms with van der Waals surface area (Å²) in [7, 11) is 2.16. The quantitative estimate of drug-likeness (QED) is 0.599. The van der Waals surface area contributed by atoms with E-state index in [9.17, 15) is 0 Å². The monoisotopic (exact) mass is 290 g/mol. The minimum Gasteiger partial charge on any atom is -0.493 e. The average Bonchev–Trinajstić information content (AvgIpc) is 2.95. The first kappa shape index (κ1) is 14.9. The van der Waals surface area contributed by atoms with Gasteiger partial charge in [-0.05, 0) is 43.5 Å². The normalized spacial score (nSPS) is 10.9. The number of nitrogens with two attached hydrogens (primary N) is 1. The van der Waals surface area contributed by atoms with E-state index in [0.29, 0.717) is 0 Å². The summed E-state index contributed by atoms with van der Waals surface area (Å²) in [5.74, 6) is 0.853. The maximum absolute atomic E-state index is 5.71. The molecule has 0 spiro atoms. The van der Waals surface area contributed by atoms with E-state index in [-0.39, 0.29) is 0 Å². The highest BCUT2D eigenvalue weighted by Crippen LogP contribution is 2.14. The smallest absolute Gasteiger partial charge is 0.121 e. The maximum Gasteiger partial charge on any atom is 0.121 e. The number of rotatable bonds is 8. The lowest BCUT2D eigenvalue weighted by atomic mass is 10.3. The SMILES string of the molecule is CN(CCCOc1cccc(N)c1)CCc1cccs1. The summed E-state index contributed by atoms with van der Waals surface area (Å²) in [6, 6.07) is 11.9. The second kappa shape index (κ2) is 7.92. The van der Waals surface area contributed by atoms with E-state index in [1.165, 1.54) is 4.88 Å². The number of nitrogen functional groups attached to an aromatic ring is 1. The molecule has 20 heavy (non-hydrogen) atoms. The lowest BCUT2D eigenvalue weighted by molar-refractivity contribution is 0.264. The predicted molar refractivity (Wildman–Crippen MR) is 86.5 cm³/mol. The minimum atomic E-state index is 0.729. The van der Waals surface area contributed by atoms with Crippen LogP contribution in [-0.4, -0.2) is 31.6 Å². The van der Waals surface area contributed by atoms with Crippen molar-refractivity contribution >= 4 is 17.0 Å². The number of thiophene rings is 1. The summed E-state index contributed by atoms with van der Waals surface area (Å²) in [5.41, 5.74) is 6.46. The van der Waals surface area contributed by atoms with Crippen molar-refractivity contribution in [3.05, 3.63) is 46.7 Å². The average molecular weight is 290 g/mol. The first-order chi connectivity index (χ1) is 9.74. The van der Waals surface area contributed by atoms with Crippen LogP contribution in [0, 0.1) is 0 Å². The van der Waals surface area contributed by atoms with Crippen LogP contribution in [-0.2, 0) is 6.42 Å². The molecule has 1 heterocycles. The molecule has 2 aromatic rings. The summed E-state index contributed by atoms with van der Waals surface area (Å²) in [6.07, 6.45) is 2.15. The van der Waals surface area contributed by atoms with Gasteiger partial charge in [-0.25, -0.2) is 0 Å². The topological polar surface area (TPSA) is 38.5 Å². The van der Waals surface area contributed by atoms with E-state index in [1.54, 1.807) is 0 Å². The van der Waals surface area contributed by atoms with Gasteiger partial charge in [0.1, 0.15) is 5.75 Å². The molecule has 0 bridgehead atoms. The van der Waals surface area contributed by atoms with Crippen LogP contribution in [0.25, 0.3) is 0 Å². The van der Waals surface area contributed by atoms with Crippen LogP contribution in [0.3, 0.4) is 0 Å². The molecule has 0 aliphatic carbocycles. The van der Waals surface area contributed by atoms with Crippen LogP contribution in [0.5, 0.6) is 5.75 Å². The van der Waals surface area contributed by atoms with Crippen molar-refractivity contribution in [2.45, 2.75) is 12.8 Å². The molecule has 108 valence electrons. The third kappa shape index (κ3) is 5.23. The Hall–Kier alpha value is -1.52. The number of hydrogen-bond donors (Lipinski definition) is 1. The van der Waals surface area contributed by atoms with Gasteiger partial charge in [0, 0.05) is 29.7 Å². The lowest BCUT2D eigenvalue weighted by Gasteiger charge is -2.16. The van der Waals surface area contributed by atoms with Crippen molar-refractivity contribution in [3.63, 3.8) is 0 Å². The number of anilines is 1. The van der Waals surface area contributed by atoms with Crippen LogP contribution in [0.1, 0.15) is 11.3 Å². The molecule has 1 aromatic carbocycles. The zero-order valence-corrected chi connectivity index (χ0v) is 12.7. The number of nitrogens with zero attached hydrogens (tertiary/aromatic N) is 1. The fourth-order valence-corrected chi connectivity index (χ4v) is 2.69. The Morgan fingerprint density at radius 1 is 1.20 bits per heavy atom. The fourth-order valence-electron chi connectivity index (χ4n) is 2.00. The predicted octanol–water partition coefficient (Wildman–Crippen LogP) is 3.27. The van der Waals surface area contributed by atoms with Crippen molar-refractivity contribution < 1.29 is 4.74 Å². The van der Waals surface area contributed by atoms with Crippen molar-refractivity contribution in [1.29, 1.82) is 0 Å². The van der Waals surface area contributed by atoms with E-state index in [1.807, 2.05) is 35.6 Å². The third-order valence-corrected chi connectivity index (χ3v) is 4.07. The molecule has 0 aliphatic rings. The summed E-state index contributed by atoms with van der Waals surface area (Å²) in [5, 5.41) is 2.13. The molecule has 0 aliphatic heterocycles. The van der Waals surface area contributed by atoms with Gasteiger partial charge < -0.3 is 15.4 Å². The van der Waals surface area contributed by atoms with Crippen molar-refractivity contribution in [2.24, 2.45) is 0 Å². The summed E-state index contributed by atoms with van der Waals surface area (Å²) >= 11 is 1.83. The van der Waals surface area contributed by atoms with E-state index >= 15 is 0 Å². The minimum absolute atomic E-state index is 0.729. The second-order valence-corrected chi connectivity index (χ2v) is 5.94. The highest BCUT2D eigenvalue weighted by Gasteiger charge is 2.01. The molecule has 0 radical (unpaired) electrons. The number of likely N-dealkylation sites (N-methyl/N-ethyl adjacent to an activating group) is 1. The van der Waals surface area contributed by atoms with Crippen LogP contribution in [0.15, 0.2) is 41.8 Å². The van der Waals surface area contributed by atoms with Crippen LogP contribution >= 0.6 is 11.3 Å². The summed E-state index contributed by atoms with van der Waals surface area (Å²) in [6.45, 7) is 2.87. The zero-order chi connectivity index (χ0) is 14.2. The molecule has 3 nitrogen and oxygen atoms in total. The molecule has 0 saturated carbocycles. The molecule has 1 aromatic heterocycles. The largest absolute Gasteiger partial charge is 0.493 e. The Morgan fingerprint density at radius 2 is 2.10 bits per heavy atom. The zero-order valence-electron chi connectivity index (χ0n) is 11.9. The second-order valence-electron chi connectivity index (χ2n) is 4.91. The van der Waals surface area contributed by atoms with Gasteiger partial charge in [0.2, 0.25) is 0 Å². The van der Waals surface area contributed by atoms with E-state index in [2.05, 4.69) is 29.5 Å². The van der Waals surface area contributed by atoms with Gasteiger partial charge in [0.15, 0.2) is 0 Å². The molecule has 4 heteroatoms. The van der Waals surface area contributed by atoms with Gasteiger partial charge in [-0.1, -0.05) is 12.1 Å². The lowest BCUT2D eigenvalue weighted by Crippen LogP contribution is -2.23. The van der Waals surface area contributed by atoms with Gasteiger partial charge in [-0.3, -0.25) is 0 Å². The molecule has 0 unspecified atom stereocenters. The van der Waals surface area contributed by atoms with E-state index in [4.69, 9.17) is 10.5 Å². The first-order valence-corrected chi connectivity index (χ1v) is 7.81. The highest BCUT2D eigenvalue weighted by molar-refractivity contribution is 7.09. The number of benzene rings is 1. The molecule has 0 amide bonds. The Balaban J connectivity index is 1.58. The van der Waals surface area contributed by atoms with Crippen molar-refractivity contribution in [1.82, 2.24) is 4.90 Å². The van der Waals surface area contributed by atoms with Crippen LogP contribution in [0.4, 0.5) is 5.69 Å². The standard InChI is InChI=1S/C16H22N2OS/c1-18(10-8-16-7-3-12-20-16)9-4-11-19-15-6-2-5-14(17)13-15/h2-3,5-7,12-13H,4,8-11,17H2,1H3. The molecule has 0 saturated heterocycles. The van der Waals surface area contributed by atoms with E-state index in [0.717, 1.165) is 44.0 Å². The Kier molecular flexibility index (Phi) is 5.89. The van der Waals surface area contributed by atoms with Crippen LogP contribution < -0.4 is 10.5 Å². The number of hydrogen-bond acceptors (Lipinski definition) is 4. The molecular weight excluding hydrogens is 268 g/mol. The molecule has 2 N–H and O–H groups in total. The summed E-state index contributed by atoms with van der Waals surface area (Å²) in [4.78, 5) is 3.80. The Bertz CT molecular complexity index is 499. The van der Waals surface area contributed by atoms with Gasteiger partial charge in [0.05, 0.1) is 6.61 Å². The molecule has 0 atom stereocenters. The molecule has 2 rings (SSSR count). The van der Waals surface area contributed by atoms with Gasteiger partial charge in [-0.15, -0.1) is 11.3 Å². The Labute approximate surface area is 125 Å². The molecular formula is C16H22N2OS. The van der Waals surface area contributed by atoms with Gasteiger partial charge in [-0.2, -0.15) is 0 Å². The molecule has 0 fully saturated rings. The van der Waals surface area contributed by atoms with Gasteiger partial charge in [0.25, 0.3) is 0 Å². The summed E-state index contributed by atoms with van der Waals surface area (Å²) < 4.78 is 5.68. The van der Waals surface area contributed by atoms with Crippen molar-refractivity contribution in [3.8, 4) is 5.75 Å². The van der Waals surface area contributed by atoms with Crippen LogP contribution in [0.2, 0.25) is 0 Å². The Morgan fingerprint density at radius 3 is 2.85 bits per heavy atom. The first-order valence-electron chi connectivity index (χ1n) is 6.93. The highest BCUT2D eigenvalue weighted by atomic mass is 32.1. The maximum atomic E-state index is 5.71. The number of ether oxygens (including phenoxy) is 1. The van der Waals surface area contributed by atoms with E-state index < -0.39 is 0 Å². The van der Waals surface area contributed by atoms with Gasteiger partial charge >= 0.3 is 0 Å². The third-order valence-electron chi connectivity index (χ3n) is 3.13. The fraction of sp³-hybridized carbons (Fsp3) is 0.375. The van der Waals surface area contributed by atoms with Crippen molar-refractivity contribution in [2.75, 3.05) is 32.5 Å².